The van der Waals surface area contributed by atoms with E-state index in [4.69, 9.17) is 5.11 Å². The molecule has 5 heteroatoms. The van der Waals surface area contributed by atoms with Crippen LogP contribution in [0.4, 0.5) is 5.69 Å². The number of ketones is 1. The van der Waals surface area contributed by atoms with Gasteiger partial charge in [-0.1, -0.05) is 12.1 Å². The molecule has 19 heavy (non-hydrogen) atoms. The number of benzene rings is 1. The Morgan fingerprint density at radius 2 is 2.11 bits per heavy atom. The number of amides is 1. The van der Waals surface area contributed by atoms with Gasteiger partial charge in [-0.15, -0.1) is 0 Å². The van der Waals surface area contributed by atoms with Crippen molar-refractivity contribution >= 4 is 17.4 Å². The molecule has 0 bridgehead atoms. The van der Waals surface area contributed by atoms with Crippen LogP contribution in [0.2, 0.25) is 0 Å². The molecule has 1 atom stereocenters. The fraction of sp³-hybridized carbons (Fsp3) is 0.429. The highest BCUT2D eigenvalue weighted by Gasteiger charge is 2.12. The molecule has 0 fully saturated rings. The molecule has 0 aliphatic carbocycles. The Morgan fingerprint density at radius 3 is 2.68 bits per heavy atom. The van der Waals surface area contributed by atoms with Crippen LogP contribution in [-0.4, -0.2) is 47.9 Å². The Hall–Kier alpha value is -1.72. The number of hydrogen-bond acceptors (Lipinski definition) is 4. The van der Waals surface area contributed by atoms with Crippen LogP contribution in [0.1, 0.15) is 24.2 Å². The first-order valence-electron chi connectivity index (χ1n) is 6.16. The second-order valence-electron chi connectivity index (χ2n) is 4.63. The number of Topliss-reactive ketones (excluding diaryl/α,β-unsaturated/α-hetero) is 1. The van der Waals surface area contributed by atoms with Crippen LogP contribution in [0.5, 0.6) is 0 Å². The molecule has 1 amide bonds. The number of hydrogen-bond donors (Lipinski definition) is 2. The number of carbonyl (C=O) groups is 2. The molecule has 0 saturated carbocycles. The number of aliphatic hydroxyl groups excluding tert-OH is 1. The Bertz CT molecular complexity index is 460. The first-order valence-corrected chi connectivity index (χ1v) is 6.16. The van der Waals surface area contributed by atoms with Crippen molar-refractivity contribution in [2.45, 2.75) is 19.9 Å². The van der Waals surface area contributed by atoms with E-state index in [1.54, 1.807) is 36.2 Å². The van der Waals surface area contributed by atoms with Gasteiger partial charge in [0, 0.05) is 17.3 Å². The van der Waals surface area contributed by atoms with Gasteiger partial charge in [-0.05, 0) is 33.0 Å². The molecule has 0 aliphatic rings. The van der Waals surface area contributed by atoms with Gasteiger partial charge in [-0.25, -0.2) is 0 Å². The van der Waals surface area contributed by atoms with E-state index >= 15 is 0 Å². The number of likely N-dealkylation sites (N-methyl/N-ethyl adjacent to an activating group) is 1. The summed E-state index contributed by atoms with van der Waals surface area (Å²) < 4.78 is 0. The van der Waals surface area contributed by atoms with Crippen molar-refractivity contribution in [2.75, 3.05) is 25.5 Å². The molecule has 5 nitrogen and oxygen atoms in total. The second kappa shape index (κ2) is 7.01. The summed E-state index contributed by atoms with van der Waals surface area (Å²) in [5.41, 5.74) is 1.16. The number of nitrogens with zero attached hydrogens (tertiary/aromatic N) is 1. The zero-order valence-corrected chi connectivity index (χ0v) is 11.5. The number of nitrogens with one attached hydrogen (secondary N) is 1. The lowest BCUT2D eigenvalue weighted by Crippen LogP contribution is -2.38. The van der Waals surface area contributed by atoms with Gasteiger partial charge < -0.3 is 10.4 Å². The maximum Gasteiger partial charge on any atom is 0.238 e. The fourth-order valence-electron chi connectivity index (χ4n) is 1.54. The summed E-state index contributed by atoms with van der Waals surface area (Å²) in [6.45, 7) is 3.51. The summed E-state index contributed by atoms with van der Waals surface area (Å²) in [5.74, 6) is -0.217. The normalized spacial score (nSPS) is 12.3. The number of rotatable bonds is 6. The minimum Gasteiger partial charge on any atom is -0.395 e. The van der Waals surface area contributed by atoms with Crippen LogP contribution in [-0.2, 0) is 4.79 Å². The van der Waals surface area contributed by atoms with Gasteiger partial charge in [-0.3, -0.25) is 14.5 Å². The van der Waals surface area contributed by atoms with Crippen molar-refractivity contribution in [3.63, 3.8) is 0 Å². The van der Waals surface area contributed by atoms with Crippen LogP contribution in [0.15, 0.2) is 24.3 Å². The quantitative estimate of drug-likeness (QED) is 0.756. The van der Waals surface area contributed by atoms with Crippen LogP contribution in [0, 0.1) is 0 Å². The SMILES string of the molecule is CC(=O)c1cccc(NC(=O)CN(C)C(C)CO)c1. The summed E-state index contributed by atoms with van der Waals surface area (Å²) >= 11 is 0. The highest BCUT2D eigenvalue weighted by molar-refractivity contribution is 5.97. The highest BCUT2D eigenvalue weighted by atomic mass is 16.3. The summed E-state index contributed by atoms with van der Waals surface area (Å²) in [6, 6.07) is 6.74. The van der Waals surface area contributed by atoms with Crippen molar-refractivity contribution in [3.8, 4) is 0 Å². The number of aliphatic hydroxyl groups is 1. The Balaban J connectivity index is 2.62. The summed E-state index contributed by atoms with van der Waals surface area (Å²) in [5, 5.41) is 11.7. The molecular weight excluding hydrogens is 244 g/mol. The molecule has 2 N–H and O–H groups in total. The minimum atomic E-state index is -0.177. The van der Waals surface area contributed by atoms with Crippen LogP contribution < -0.4 is 5.32 Å². The maximum absolute atomic E-state index is 11.8. The van der Waals surface area contributed by atoms with Crippen molar-refractivity contribution in [1.29, 1.82) is 0 Å². The van der Waals surface area contributed by atoms with E-state index in [9.17, 15) is 9.59 Å². The van der Waals surface area contributed by atoms with Gasteiger partial charge in [0.2, 0.25) is 5.91 Å². The van der Waals surface area contributed by atoms with E-state index in [2.05, 4.69) is 5.32 Å². The standard InChI is InChI=1S/C14H20N2O3/c1-10(9-17)16(3)8-14(19)15-13-6-4-5-12(7-13)11(2)18/h4-7,10,17H,8-9H2,1-3H3,(H,15,19). The van der Waals surface area contributed by atoms with Crippen LogP contribution >= 0.6 is 0 Å². The third-order valence-corrected chi connectivity index (χ3v) is 2.96. The molecule has 1 rings (SSSR count). The summed E-state index contributed by atoms with van der Waals surface area (Å²) in [6.07, 6.45) is 0. The third-order valence-electron chi connectivity index (χ3n) is 2.96. The molecule has 0 radical (unpaired) electrons. The molecule has 1 aromatic carbocycles. The monoisotopic (exact) mass is 264 g/mol. The molecule has 1 unspecified atom stereocenters. The first-order chi connectivity index (χ1) is 8.93. The molecule has 0 heterocycles. The number of anilines is 1. The van der Waals surface area contributed by atoms with E-state index in [1.807, 2.05) is 6.92 Å². The van der Waals surface area contributed by atoms with Gasteiger partial charge in [0.15, 0.2) is 5.78 Å². The summed E-state index contributed by atoms with van der Waals surface area (Å²) in [7, 11) is 1.77. The van der Waals surface area contributed by atoms with E-state index in [-0.39, 0.29) is 30.9 Å². The van der Waals surface area contributed by atoms with Gasteiger partial charge in [0.1, 0.15) is 0 Å². The van der Waals surface area contributed by atoms with Crippen LogP contribution in [0.3, 0.4) is 0 Å². The molecule has 0 spiro atoms. The molecule has 0 aromatic heterocycles. The van der Waals surface area contributed by atoms with Crippen molar-refractivity contribution in [2.24, 2.45) is 0 Å². The molecule has 1 aromatic rings. The average molecular weight is 264 g/mol. The average Bonchev–Trinajstić information content (AvgIpc) is 2.37. The molecule has 0 saturated heterocycles. The van der Waals surface area contributed by atoms with Gasteiger partial charge in [-0.2, -0.15) is 0 Å². The van der Waals surface area contributed by atoms with E-state index in [0.29, 0.717) is 11.3 Å². The van der Waals surface area contributed by atoms with Crippen molar-refractivity contribution in [3.05, 3.63) is 29.8 Å². The maximum atomic E-state index is 11.8. The largest absolute Gasteiger partial charge is 0.395 e. The minimum absolute atomic E-state index is 0.00357. The predicted octanol–water partition coefficient (Wildman–Crippen LogP) is 1.14. The van der Waals surface area contributed by atoms with Crippen molar-refractivity contribution in [1.82, 2.24) is 4.90 Å². The highest BCUT2D eigenvalue weighted by Crippen LogP contribution is 2.11. The molecular formula is C14H20N2O3. The van der Waals surface area contributed by atoms with Gasteiger partial charge in [0.05, 0.1) is 13.2 Å². The Labute approximate surface area is 113 Å². The topological polar surface area (TPSA) is 69.6 Å². The first kappa shape index (κ1) is 15.3. The van der Waals surface area contributed by atoms with E-state index in [1.165, 1.54) is 6.92 Å². The number of carbonyl (C=O) groups excluding carboxylic acids is 2. The van der Waals surface area contributed by atoms with Crippen molar-refractivity contribution < 1.29 is 14.7 Å². The molecule has 0 aliphatic heterocycles. The smallest absolute Gasteiger partial charge is 0.238 e. The zero-order chi connectivity index (χ0) is 14.4. The lowest BCUT2D eigenvalue weighted by molar-refractivity contribution is -0.117. The van der Waals surface area contributed by atoms with E-state index in [0.717, 1.165) is 0 Å². The lowest BCUT2D eigenvalue weighted by atomic mass is 10.1. The summed E-state index contributed by atoms with van der Waals surface area (Å²) in [4.78, 5) is 24.8. The van der Waals surface area contributed by atoms with E-state index < -0.39 is 0 Å². The third kappa shape index (κ3) is 4.81. The van der Waals surface area contributed by atoms with Gasteiger partial charge in [0.25, 0.3) is 0 Å². The van der Waals surface area contributed by atoms with Gasteiger partial charge >= 0.3 is 0 Å². The second-order valence-corrected chi connectivity index (χ2v) is 4.63. The Kier molecular flexibility index (Phi) is 5.66. The lowest BCUT2D eigenvalue weighted by Gasteiger charge is -2.22. The zero-order valence-electron chi connectivity index (χ0n) is 11.5. The van der Waals surface area contributed by atoms with Crippen LogP contribution in [0.25, 0.3) is 0 Å². The fourth-order valence-corrected chi connectivity index (χ4v) is 1.54. The Morgan fingerprint density at radius 1 is 1.42 bits per heavy atom. The predicted molar refractivity (Wildman–Crippen MR) is 74.3 cm³/mol. The molecule has 104 valence electrons.